The van der Waals surface area contributed by atoms with Crippen LogP contribution in [0.3, 0.4) is 0 Å². The van der Waals surface area contributed by atoms with Crippen LogP contribution in [0, 0.1) is 0 Å². The summed E-state index contributed by atoms with van der Waals surface area (Å²) in [5.41, 5.74) is 1.14. The second-order valence-electron chi connectivity index (χ2n) is 5.67. The SMILES string of the molecule is CC(NCC(C)N1CCCCC1)c1cccc(O)c1. The summed E-state index contributed by atoms with van der Waals surface area (Å²) in [4.78, 5) is 2.58. The van der Waals surface area contributed by atoms with Crippen LogP contribution in [0.1, 0.15) is 44.7 Å². The van der Waals surface area contributed by atoms with Crippen molar-refractivity contribution >= 4 is 0 Å². The van der Waals surface area contributed by atoms with Crippen molar-refractivity contribution in [3.63, 3.8) is 0 Å². The minimum absolute atomic E-state index is 0.277. The molecule has 2 unspecified atom stereocenters. The molecule has 1 saturated heterocycles. The van der Waals surface area contributed by atoms with Gasteiger partial charge in [-0.15, -0.1) is 0 Å². The molecule has 0 amide bonds. The van der Waals surface area contributed by atoms with Gasteiger partial charge in [-0.2, -0.15) is 0 Å². The highest BCUT2D eigenvalue weighted by Gasteiger charge is 2.17. The number of rotatable bonds is 5. The molecule has 0 bridgehead atoms. The molecule has 3 heteroatoms. The zero-order chi connectivity index (χ0) is 13.7. The molecule has 1 aromatic rings. The third kappa shape index (κ3) is 4.22. The van der Waals surface area contributed by atoms with Crippen molar-refractivity contribution in [1.82, 2.24) is 10.2 Å². The highest BCUT2D eigenvalue weighted by molar-refractivity contribution is 5.29. The number of benzene rings is 1. The summed E-state index contributed by atoms with van der Waals surface area (Å²) in [7, 11) is 0. The Morgan fingerprint density at radius 2 is 1.95 bits per heavy atom. The molecule has 2 atom stereocenters. The summed E-state index contributed by atoms with van der Waals surface area (Å²) in [6.45, 7) is 7.93. The second kappa shape index (κ2) is 6.92. The number of likely N-dealkylation sites (tertiary alicyclic amines) is 1. The van der Waals surface area contributed by atoms with E-state index < -0.39 is 0 Å². The number of hydrogen-bond donors (Lipinski definition) is 2. The molecule has 1 fully saturated rings. The Balaban J connectivity index is 1.80. The summed E-state index contributed by atoms with van der Waals surface area (Å²) >= 11 is 0. The minimum atomic E-state index is 0.277. The fourth-order valence-corrected chi connectivity index (χ4v) is 2.75. The highest BCUT2D eigenvalue weighted by Crippen LogP contribution is 2.18. The number of aromatic hydroxyl groups is 1. The molecule has 0 aliphatic carbocycles. The van der Waals surface area contributed by atoms with Crippen molar-refractivity contribution in [2.75, 3.05) is 19.6 Å². The van der Waals surface area contributed by atoms with E-state index in [0.717, 1.165) is 12.1 Å². The number of phenolic OH excluding ortho intramolecular Hbond substituents is 1. The first-order valence-electron chi connectivity index (χ1n) is 7.43. The molecule has 0 aromatic heterocycles. The molecule has 19 heavy (non-hydrogen) atoms. The fraction of sp³-hybridized carbons (Fsp3) is 0.625. The average molecular weight is 262 g/mol. The maximum Gasteiger partial charge on any atom is 0.115 e. The Bertz CT molecular complexity index is 388. The van der Waals surface area contributed by atoms with Gasteiger partial charge in [0.25, 0.3) is 0 Å². The highest BCUT2D eigenvalue weighted by atomic mass is 16.3. The van der Waals surface area contributed by atoms with Gasteiger partial charge in [0.15, 0.2) is 0 Å². The molecule has 2 rings (SSSR count). The van der Waals surface area contributed by atoms with Crippen molar-refractivity contribution in [3.05, 3.63) is 29.8 Å². The predicted octanol–water partition coefficient (Wildman–Crippen LogP) is 2.92. The van der Waals surface area contributed by atoms with Crippen molar-refractivity contribution in [3.8, 4) is 5.75 Å². The van der Waals surface area contributed by atoms with Gasteiger partial charge >= 0.3 is 0 Å². The van der Waals surface area contributed by atoms with Crippen molar-refractivity contribution in [2.45, 2.75) is 45.2 Å². The Morgan fingerprint density at radius 3 is 2.63 bits per heavy atom. The normalized spacial score (nSPS) is 20.1. The van der Waals surface area contributed by atoms with Gasteiger partial charge in [0.2, 0.25) is 0 Å². The topological polar surface area (TPSA) is 35.5 Å². The third-order valence-corrected chi connectivity index (χ3v) is 4.10. The monoisotopic (exact) mass is 262 g/mol. The molecule has 0 radical (unpaired) electrons. The van der Waals surface area contributed by atoms with Crippen LogP contribution >= 0.6 is 0 Å². The zero-order valence-corrected chi connectivity index (χ0v) is 12.1. The van der Waals surface area contributed by atoms with Gasteiger partial charge in [0.05, 0.1) is 0 Å². The average Bonchev–Trinajstić information content (AvgIpc) is 2.45. The van der Waals surface area contributed by atoms with Crippen LogP contribution in [-0.4, -0.2) is 35.7 Å². The molecule has 0 spiro atoms. The third-order valence-electron chi connectivity index (χ3n) is 4.10. The molecule has 3 nitrogen and oxygen atoms in total. The van der Waals surface area contributed by atoms with E-state index >= 15 is 0 Å². The summed E-state index contributed by atoms with van der Waals surface area (Å²) in [5, 5.41) is 13.1. The summed E-state index contributed by atoms with van der Waals surface area (Å²) < 4.78 is 0. The quantitative estimate of drug-likeness (QED) is 0.856. The lowest BCUT2D eigenvalue weighted by molar-refractivity contribution is 0.168. The number of nitrogens with one attached hydrogen (secondary N) is 1. The summed E-state index contributed by atoms with van der Waals surface area (Å²) in [6, 6.07) is 8.37. The van der Waals surface area contributed by atoms with Crippen LogP contribution in [0.15, 0.2) is 24.3 Å². The lowest BCUT2D eigenvalue weighted by atomic mass is 10.1. The van der Waals surface area contributed by atoms with Gasteiger partial charge in [-0.25, -0.2) is 0 Å². The van der Waals surface area contributed by atoms with Gasteiger partial charge in [0, 0.05) is 18.6 Å². The van der Waals surface area contributed by atoms with Crippen molar-refractivity contribution in [1.29, 1.82) is 0 Å². The first kappa shape index (κ1) is 14.4. The molecular weight excluding hydrogens is 236 g/mol. The lowest BCUT2D eigenvalue weighted by Gasteiger charge is -2.33. The van der Waals surface area contributed by atoms with E-state index in [2.05, 4.69) is 30.1 Å². The van der Waals surface area contributed by atoms with E-state index in [1.165, 1.54) is 32.4 Å². The standard InChI is InChI=1S/C16H26N2O/c1-13(18-9-4-3-5-10-18)12-17-14(2)15-7-6-8-16(19)11-15/h6-8,11,13-14,17,19H,3-5,9-10,12H2,1-2H3. The van der Waals surface area contributed by atoms with E-state index in [9.17, 15) is 5.11 Å². The molecule has 106 valence electrons. The molecule has 1 aliphatic heterocycles. The maximum atomic E-state index is 9.51. The van der Waals surface area contributed by atoms with Crippen LogP contribution in [0.4, 0.5) is 0 Å². The molecule has 2 N–H and O–H groups in total. The van der Waals surface area contributed by atoms with Crippen LogP contribution in [0.2, 0.25) is 0 Å². The Hall–Kier alpha value is -1.06. The van der Waals surface area contributed by atoms with E-state index in [1.807, 2.05) is 12.1 Å². The number of hydrogen-bond acceptors (Lipinski definition) is 3. The predicted molar refractivity (Wildman–Crippen MR) is 79.4 cm³/mol. The first-order chi connectivity index (χ1) is 9.16. The van der Waals surface area contributed by atoms with Gasteiger partial charge in [-0.1, -0.05) is 18.6 Å². The zero-order valence-electron chi connectivity index (χ0n) is 12.1. The Morgan fingerprint density at radius 1 is 1.21 bits per heavy atom. The van der Waals surface area contributed by atoms with Gasteiger partial charge in [-0.3, -0.25) is 4.90 Å². The smallest absolute Gasteiger partial charge is 0.115 e. The fourth-order valence-electron chi connectivity index (χ4n) is 2.75. The number of phenols is 1. The number of nitrogens with zero attached hydrogens (tertiary/aromatic N) is 1. The Labute approximate surface area is 116 Å². The van der Waals surface area contributed by atoms with Crippen molar-refractivity contribution in [2.24, 2.45) is 0 Å². The molecule has 1 heterocycles. The summed E-state index contributed by atoms with van der Waals surface area (Å²) in [6.07, 6.45) is 4.06. The molecule has 1 aliphatic rings. The summed E-state index contributed by atoms with van der Waals surface area (Å²) in [5.74, 6) is 0.343. The first-order valence-corrected chi connectivity index (χ1v) is 7.43. The van der Waals surface area contributed by atoms with Crippen LogP contribution < -0.4 is 5.32 Å². The van der Waals surface area contributed by atoms with Gasteiger partial charge < -0.3 is 10.4 Å². The van der Waals surface area contributed by atoms with E-state index in [1.54, 1.807) is 6.07 Å². The second-order valence-corrected chi connectivity index (χ2v) is 5.67. The minimum Gasteiger partial charge on any atom is -0.508 e. The van der Waals surface area contributed by atoms with E-state index in [4.69, 9.17) is 0 Å². The van der Waals surface area contributed by atoms with Crippen LogP contribution in [0.5, 0.6) is 5.75 Å². The molecule has 1 aromatic carbocycles. The van der Waals surface area contributed by atoms with Crippen LogP contribution in [-0.2, 0) is 0 Å². The van der Waals surface area contributed by atoms with Gasteiger partial charge in [-0.05, 0) is 57.5 Å². The number of piperidine rings is 1. The largest absolute Gasteiger partial charge is 0.508 e. The Kier molecular flexibility index (Phi) is 5.23. The van der Waals surface area contributed by atoms with E-state index in [-0.39, 0.29) is 6.04 Å². The molecule has 0 saturated carbocycles. The van der Waals surface area contributed by atoms with Gasteiger partial charge in [0.1, 0.15) is 5.75 Å². The molecular formula is C16H26N2O. The van der Waals surface area contributed by atoms with E-state index in [0.29, 0.717) is 11.8 Å². The van der Waals surface area contributed by atoms with Crippen LogP contribution in [0.25, 0.3) is 0 Å². The van der Waals surface area contributed by atoms with Crippen molar-refractivity contribution < 1.29 is 5.11 Å². The maximum absolute atomic E-state index is 9.51. The lowest BCUT2D eigenvalue weighted by Crippen LogP contribution is -2.43.